The van der Waals surface area contributed by atoms with Crippen LogP contribution in [0.1, 0.15) is 39.5 Å². The zero-order valence-corrected chi connectivity index (χ0v) is 9.55. The van der Waals surface area contributed by atoms with E-state index in [0.29, 0.717) is 0 Å². The normalized spacial score (nSPS) is 29.1. The van der Waals surface area contributed by atoms with Gasteiger partial charge in [0.25, 0.3) is 0 Å². The second kappa shape index (κ2) is 5.10. The van der Waals surface area contributed by atoms with E-state index in [9.17, 15) is 5.11 Å². The minimum absolute atomic E-state index is 0.142. The number of nitrogens with one attached hydrogen (secondary N) is 1. The first kappa shape index (κ1) is 12.0. The maximum Gasteiger partial charge on any atom is 0.0746 e. The fourth-order valence-electron chi connectivity index (χ4n) is 1.80. The Balaban J connectivity index is 2.29. The number of rotatable bonds is 4. The van der Waals surface area contributed by atoms with Crippen LogP contribution in [0, 0.1) is 0 Å². The largest absolute Gasteiger partial charge is 0.392 e. The summed E-state index contributed by atoms with van der Waals surface area (Å²) in [6.07, 6.45) is 4.23. The summed E-state index contributed by atoms with van der Waals surface area (Å²) in [5.41, 5.74) is -0.142. The molecule has 0 amide bonds. The molecule has 1 saturated carbocycles. The Labute approximate surface area is 86.8 Å². The van der Waals surface area contributed by atoms with Crippen molar-refractivity contribution in [3.05, 3.63) is 0 Å². The highest BCUT2D eigenvalue weighted by molar-refractivity contribution is 4.83. The van der Waals surface area contributed by atoms with Gasteiger partial charge in [0.2, 0.25) is 0 Å². The van der Waals surface area contributed by atoms with Gasteiger partial charge in [0.15, 0.2) is 0 Å². The van der Waals surface area contributed by atoms with Crippen molar-refractivity contribution < 1.29 is 9.84 Å². The van der Waals surface area contributed by atoms with Crippen LogP contribution < -0.4 is 5.32 Å². The molecular formula is C11H23NO2. The summed E-state index contributed by atoms with van der Waals surface area (Å²) < 4.78 is 5.32. The number of aliphatic hydroxyl groups excluding tert-OH is 1. The van der Waals surface area contributed by atoms with Crippen molar-refractivity contribution in [2.75, 3.05) is 13.7 Å². The van der Waals surface area contributed by atoms with E-state index in [1.54, 1.807) is 7.11 Å². The van der Waals surface area contributed by atoms with Crippen LogP contribution >= 0.6 is 0 Å². The summed E-state index contributed by atoms with van der Waals surface area (Å²) >= 11 is 0. The second-order valence-electron chi connectivity index (χ2n) is 4.80. The van der Waals surface area contributed by atoms with E-state index in [1.807, 2.05) is 0 Å². The minimum atomic E-state index is -0.170. The smallest absolute Gasteiger partial charge is 0.0746 e. The molecule has 1 aliphatic rings. The fourth-order valence-corrected chi connectivity index (χ4v) is 1.80. The van der Waals surface area contributed by atoms with E-state index >= 15 is 0 Å². The van der Waals surface area contributed by atoms with Gasteiger partial charge in [-0.05, 0) is 26.7 Å². The van der Waals surface area contributed by atoms with E-state index in [4.69, 9.17) is 4.74 Å². The van der Waals surface area contributed by atoms with Crippen molar-refractivity contribution in [2.45, 2.75) is 57.3 Å². The van der Waals surface area contributed by atoms with Gasteiger partial charge in [0.05, 0.1) is 11.7 Å². The lowest BCUT2D eigenvalue weighted by Gasteiger charge is -2.32. The zero-order valence-electron chi connectivity index (χ0n) is 9.55. The lowest BCUT2D eigenvalue weighted by atomic mass is 9.92. The molecule has 2 N–H and O–H groups in total. The van der Waals surface area contributed by atoms with Crippen LogP contribution in [0.2, 0.25) is 0 Å². The first-order valence-electron chi connectivity index (χ1n) is 5.52. The minimum Gasteiger partial charge on any atom is -0.392 e. The third-order valence-electron chi connectivity index (χ3n) is 3.07. The molecule has 0 spiro atoms. The summed E-state index contributed by atoms with van der Waals surface area (Å²) in [5, 5.41) is 13.1. The van der Waals surface area contributed by atoms with Gasteiger partial charge >= 0.3 is 0 Å². The second-order valence-corrected chi connectivity index (χ2v) is 4.80. The highest BCUT2D eigenvalue weighted by atomic mass is 16.5. The Kier molecular flexibility index (Phi) is 4.35. The first-order valence-corrected chi connectivity index (χ1v) is 5.52. The van der Waals surface area contributed by atoms with Crippen molar-refractivity contribution in [3.63, 3.8) is 0 Å². The average Bonchev–Trinajstić information content (AvgIpc) is 2.17. The van der Waals surface area contributed by atoms with Crippen LogP contribution in [0.3, 0.4) is 0 Å². The number of hydrogen-bond acceptors (Lipinski definition) is 3. The lowest BCUT2D eigenvalue weighted by molar-refractivity contribution is 0.0110. The molecular weight excluding hydrogens is 178 g/mol. The molecule has 0 aromatic carbocycles. The standard InChI is InChI=1S/C11H23NO2/c1-11(2,14-3)8-12-9-6-4-5-7-10(9)13/h9-10,12-13H,4-8H2,1-3H3. The third kappa shape index (κ3) is 3.56. The first-order chi connectivity index (χ1) is 6.55. The van der Waals surface area contributed by atoms with E-state index < -0.39 is 0 Å². The molecule has 0 aromatic rings. The summed E-state index contributed by atoms with van der Waals surface area (Å²) in [4.78, 5) is 0. The van der Waals surface area contributed by atoms with Gasteiger partial charge in [-0.1, -0.05) is 12.8 Å². The van der Waals surface area contributed by atoms with Crippen LogP contribution in [0.15, 0.2) is 0 Å². The summed E-state index contributed by atoms with van der Waals surface area (Å²) in [7, 11) is 1.72. The molecule has 14 heavy (non-hydrogen) atoms. The van der Waals surface area contributed by atoms with Gasteiger partial charge in [-0.15, -0.1) is 0 Å². The number of hydrogen-bond donors (Lipinski definition) is 2. The average molecular weight is 201 g/mol. The third-order valence-corrected chi connectivity index (χ3v) is 3.07. The summed E-state index contributed by atoms with van der Waals surface area (Å²) in [6.45, 7) is 4.90. The molecule has 0 saturated heterocycles. The molecule has 1 aliphatic carbocycles. The predicted octanol–water partition coefficient (Wildman–Crippen LogP) is 1.30. The highest BCUT2D eigenvalue weighted by Crippen LogP contribution is 2.19. The monoisotopic (exact) mass is 201 g/mol. The molecule has 1 rings (SSSR count). The highest BCUT2D eigenvalue weighted by Gasteiger charge is 2.25. The van der Waals surface area contributed by atoms with Crippen molar-refractivity contribution in [1.29, 1.82) is 0 Å². The predicted molar refractivity (Wildman–Crippen MR) is 57.4 cm³/mol. The number of methoxy groups -OCH3 is 1. The van der Waals surface area contributed by atoms with Crippen molar-refractivity contribution in [2.24, 2.45) is 0 Å². The number of aliphatic hydroxyl groups is 1. The van der Waals surface area contributed by atoms with Crippen LogP contribution in [0.5, 0.6) is 0 Å². The van der Waals surface area contributed by atoms with E-state index in [1.165, 1.54) is 6.42 Å². The van der Waals surface area contributed by atoms with Gasteiger partial charge in [-0.2, -0.15) is 0 Å². The SMILES string of the molecule is COC(C)(C)CNC1CCCCC1O. The topological polar surface area (TPSA) is 41.5 Å². The molecule has 2 atom stereocenters. The zero-order chi connectivity index (χ0) is 10.6. The van der Waals surface area contributed by atoms with Gasteiger partial charge in [0, 0.05) is 19.7 Å². The molecule has 0 heterocycles. The van der Waals surface area contributed by atoms with Crippen LogP contribution in [0.4, 0.5) is 0 Å². The van der Waals surface area contributed by atoms with Gasteiger partial charge in [-0.3, -0.25) is 0 Å². The van der Waals surface area contributed by atoms with Gasteiger partial charge in [-0.25, -0.2) is 0 Å². The molecule has 0 bridgehead atoms. The van der Waals surface area contributed by atoms with Gasteiger partial charge in [0.1, 0.15) is 0 Å². The molecule has 3 heteroatoms. The lowest BCUT2D eigenvalue weighted by Crippen LogP contribution is -2.48. The Bertz CT molecular complexity index is 171. The molecule has 0 radical (unpaired) electrons. The molecule has 1 fully saturated rings. The summed E-state index contributed by atoms with van der Waals surface area (Å²) in [5.74, 6) is 0. The molecule has 3 nitrogen and oxygen atoms in total. The Morgan fingerprint density at radius 2 is 2.00 bits per heavy atom. The number of ether oxygens (including phenoxy) is 1. The van der Waals surface area contributed by atoms with Crippen molar-refractivity contribution >= 4 is 0 Å². The van der Waals surface area contributed by atoms with E-state index in [2.05, 4.69) is 19.2 Å². The molecule has 84 valence electrons. The fraction of sp³-hybridized carbons (Fsp3) is 1.00. The molecule has 0 aromatic heterocycles. The Morgan fingerprint density at radius 3 is 2.57 bits per heavy atom. The van der Waals surface area contributed by atoms with Crippen LogP contribution in [0.25, 0.3) is 0 Å². The Hall–Kier alpha value is -0.120. The summed E-state index contributed by atoms with van der Waals surface area (Å²) in [6, 6.07) is 0.262. The molecule has 0 aliphatic heterocycles. The maximum absolute atomic E-state index is 9.74. The quantitative estimate of drug-likeness (QED) is 0.720. The van der Waals surface area contributed by atoms with E-state index in [-0.39, 0.29) is 17.7 Å². The Morgan fingerprint density at radius 1 is 1.36 bits per heavy atom. The maximum atomic E-state index is 9.74. The van der Waals surface area contributed by atoms with Crippen LogP contribution in [-0.2, 0) is 4.74 Å². The van der Waals surface area contributed by atoms with E-state index in [0.717, 1.165) is 25.8 Å². The van der Waals surface area contributed by atoms with Gasteiger partial charge < -0.3 is 15.2 Å². The van der Waals surface area contributed by atoms with Crippen LogP contribution in [-0.4, -0.2) is 36.5 Å². The van der Waals surface area contributed by atoms with Crippen molar-refractivity contribution in [1.82, 2.24) is 5.32 Å². The molecule has 2 unspecified atom stereocenters. The van der Waals surface area contributed by atoms with Crippen molar-refractivity contribution in [3.8, 4) is 0 Å².